The van der Waals surface area contributed by atoms with Crippen molar-refractivity contribution < 1.29 is 9.13 Å². The molecule has 3 unspecified atom stereocenters. The molecule has 2 aromatic rings. The first-order valence-corrected chi connectivity index (χ1v) is 8.54. The summed E-state index contributed by atoms with van der Waals surface area (Å²) in [7, 11) is 0. The zero-order chi connectivity index (χ0) is 16.7. The summed E-state index contributed by atoms with van der Waals surface area (Å²) in [5.74, 6) is 0.161. The van der Waals surface area contributed by atoms with Gasteiger partial charge in [-0.1, -0.05) is 0 Å². The van der Waals surface area contributed by atoms with Crippen molar-refractivity contribution in [1.29, 1.82) is 5.26 Å². The fourth-order valence-corrected chi connectivity index (χ4v) is 4.22. The van der Waals surface area contributed by atoms with Crippen LogP contribution in [0, 0.1) is 30.0 Å². The van der Waals surface area contributed by atoms with Gasteiger partial charge in [0.15, 0.2) is 0 Å². The molecular weight excluding hydrogens is 305 g/mol. The Hall–Kier alpha value is -2.19. The molecule has 1 N–H and O–H groups in total. The predicted molar refractivity (Wildman–Crippen MR) is 90.3 cm³/mol. The molecule has 1 saturated heterocycles. The summed E-state index contributed by atoms with van der Waals surface area (Å²) in [6.07, 6.45) is 6.21. The first-order valence-electron chi connectivity index (χ1n) is 8.54. The lowest BCUT2D eigenvalue weighted by atomic mass is 9.81. The molecule has 4 rings (SSSR count). The van der Waals surface area contributed by atoms with Gasteiger partial charge < -0.3 is 10.1 Å². The molecule has 5 heteroatoms. The van der Waals surface area contributed by atoms with Gasteiger partial charge >= 0.3 is 0 Å². The minimum absolute atomic E-state index is 0.257. The average molecular weight is 325 g/mol. The summed E-state index contributed by atoms with van der Waals surface area (Å²) >= 11 is 0. The molecule has 1 aromatic carbocycles. The average Bonchev–Trinajstić information content (AvgIpc) is 3.05. The number of aryl methyl sites for hydroxylation is 1. The summed E-state index contributed by atoms with van der Waals surface area (Å²) in [5.41, 5.74) is 2.70. The number of hydrogen-bond acceptors (Lipinski definition) is 4. The minimum Gasteiger partial charge on any atom is -0.380 e. The summed E-state index contributed by atoms with van der Waals surface area (Å²) in [5, 5.41) is 13.7. The van der Waals surface area contributed by atoms with E-state index in [1.54, 1.807) is 6.20 Å². The van der Waals surface area contributed by atoms with Crippen molar-refractivity contribution in [3.05, 3.63) is 35.3 Å². The van der Waals surface area contributed by atoms with Gasteiger partial charge in [0.2, 0.25) is 0 Å². The molecule has 4 nitrogen and oxygen atoms in total. The Morgan fingerprint density at radius 3 is 3.04 bits per heavy atom. The van der Waals surface area contributed by atoms with Gasteiger partial charge in [0.1, 0.15) is 11.9 Å². The maximum Gasteiger partial charge on any atom is 0.124 e. The third-order valence-corrected chi connectivity index (χ3v) is 5.36. The standard InChI is InChI=1S/C19H20FN3O/c1-11-7-13(20)8-15-18(11)22-10-12(9-21)19(15)23-16-3-2-4-17-14(16)5-6-24-17/h7-8,10,14,16-17H,2-6H2,1H3,(H,22,23). The van der Waals surface area contributed by atoms with Crippen LogP contribution in [0.3, 0.4) is 0 Å². The summed E-state index contributed by atoms with van der Waals surface area (Å²) in [4.78, 5) is 4.36. The second-order valence-corrected chi connectivity index (χ2v) is 6.82. The highest BCUT2D eigenvalue weighted by Gasteiger charge is 2.38. The van der Waals surface area contributed by atoms with Gasteiger partial charge in [0, 0.05) is 30.1 Å². The fourth-order valence-electron chi connectivity index (χ4n) is 4.22. The Balaban J connectivity index is 1.79. The molecule has 24 heavy (non-hydrogen) atoms. The Labute approximate surface area is 140 Å². The van der Waals surface area contributed by atoms with E-state index in [0.717, 1.165) is 43.4 Å². The number of nitrogens with one attached hydrogen (secondary N) is 1. The number of nitriles is 1. The summed E-state index contributed by atoms with van der Waals surface area (Å²) < 4.78 is 19.8. The number of benzene rings is 1. The van der Waals surface area contributed by atoms with Crippen molar-refractivity contribution in [2.75, 3.05) is 11.9 Å². The van der Waals surface area contributed by atoms with Crippen molar-refractivity contribution in [1.82, 2.24) is 4.98 Å². The van der Waals surface area contributed by atoms with E-state index in [1.807, 2.05) is 6.92 Å². The van der Waals surface area contributed by atoms with Gasteiger partial charge in [-0.2, -0.15) is 5.26 Å². The molecule has 1 saturated carbocycles. The molecular formula is C19H20FN3O. The highest BCUT2D eigenvalue weighted by molar-refractivity contribution is 5.95. The number of anilines is 1. The van der Waals surface area contributed by atoms with Crippen LogP contribution < -0.4 is 5.32 Å². The van der Waals surface area contributed by atoms with Crippen LogP contribution in [-0.4, -0.2) is 23.7 Å². The lowest BCUT2D eigenvalue weighted by Crippen LogP contribution is -2.38. The molecule has 2 fully saturated rings. The normalized spacial score (nSPS) is 26.1. The Bertz CT molecular complexity index is 829. The van der Waals surface area contributed by atoms with Gasteiger partial charge in [-0.15, -0.1) is 0 Å². The lowest BCUT2D eigenvalue weighted by Gasteiger charge is -2.34. The summed E-state index contributed by atoms with van der Waals surface area (Å²) in [6.45, 7) is 2.65. The van der Waals surface area contributed by atoms with Crippen LogP contribution in [0.5, 0.6) is 0 Å². The molecule has 3 atom stereocenters. The van der Waals surface area contributed by atoms with E-state index in [1.165, 1.54) is 12.1 Å². The first-order chi connectivity index (χ1) is 11.7. The lowest BCUT2D eigenvalue weighted by molar-refractivity contribution is 0.0620. The zero-order valence-corrected chi connectivity index (χ0v) is 13.7. The molecule has 0 radical (unpaired) electrons. The zero-order valence-electron chi connectivity index (χ0n) is 13.7. The quantitative estimate of drug-likeness (QED) is 0.909. The van der Waals surface area contributed by atoms with Crippen molar-refractivity contribution >= 4 is 16.6 Å². The van der Waals surface area contributed by atoms with Crippen molar-refractivity contribution in [3.8, 4) is 6.07 Å². The van der Waals surface area contributed by atoms with Crippen molar-refractivity contribution in [2.24, 2.45) is 5.92 Å². The first kappa shape index (κ1) is 15.3. The monoisotopic (exact) mass is 325 g/mol. The van der Waals surface area contributed by atoms with E-state index < -0.39 is 0 Å². The van der Waals surface area contributed by atoms with Gasteiger partial charge in [0.05, 0.1) is 22.9 Å². The smallest absolute Gasteiger partial charge is 0.124 e. The maximum atomic E-state index is 13.9. The number of nitrogens with zero attached hydrogens (tertiary/aromatic N) is 2. The minimum atomic E-state index is -0.300. The third-order valence-electron chi connectivity index (χ3n) is 5.36. The third kappa shape index (κ3) is 2.51. The molecule has 2 heterocycles. The molecule has 0 amide bonds. The Morgan fingerprint density at radius 1 is 1.33 bits per heavy atom. The van der Waals surface area contributed by atoms with Gasteiger partial charge in [-0.25, -0.2) is 4.39 Å². The highest BCUT2D eigenvalue weighted by atomic mass is 19.1. The highest BCUT2D eigenvalue weighted by Crippen LogP contribution is 2.38. The number of halogens is 1. The second kappa shape index (κ2) is 6.03. The number of rotatable bonds is 2. The summed E-state index contributed by atoms with van der Waals surface area (Å²) in [6, 6.07) is 5.41. The number of fused-ring (bicyclic) bond motifs is 2. The number of ether oxygens (including phenoxy) is 1. The maximum absolute atomic E-state index is 13.9. The predicted octanol–water partition coefficient (Wildman–Crippen LogP) is 3.92. The second-order valence-electron chi connectivity index (χ2n) is 6.82. The number of aromatic nitrogens is 1. The molecule has 2 aliphatic rings. The van der Waals surface area contributed by atoms with Crippen LogP contribution in [0.4, 0.5) is 10.1 Å². The SMILES string of the molecule is Cc1cc(F)cc2c(NC3CCCC4OCCC34)c(C#N)cnc12. The Kier molecular flexibility index (Phi) is 3.85. The van der Waals surface area contributed by atoms with E-state index in [-0.39, 0.29) is 11.9 Å². The molecule has 1 aliphatic carbocycles. The largest absolute Gasteiger partial charge is 0.380 e. The number of hydrogen-bond donors (Lipinski definition) is 1. The van der Waals surface area contributed by atoms with E-state index in [2.05, 4.69) is 16.4 Å². The van der Waals surface area contributed by atoms with E-state index in [9.17, 15) is 9.65 Å². The van der Waals surface area contributed by atoms with Crippen LogP contribution in [0.15, 0.2) is 18.3 Å². The van der Waals surface area contributed by atoms with Gasteiger partial charge in [0.25, 0.3) is 0 Å². The van der Waals surface area contributed by atoms with E-state index >= 15 is 0 Å². The van der Waals surface area contributed by atoms with Crippen molar-refractivity contribution in [3.63, 3.8) is 0 Å². The molecule has 0 bridgehead atoms. The molecule has 1 aliphatic heterocycles. The van der Waals surface area contributed by atoms with Crippen molar-refractivity contribution in [2.45, 2.75) is 44.8 Å². The topological polar surface area (TPSA) is 57.9 Å². The number of pyridine rings is 1. The van der Waals surface area contributed by atoms with Crippen LogP contribution in [-0.2, 0) is 4.74 Å². The van der Waals surface area contributed by atoms with Crippen LogP contribution in [0.25, 0.3) is 10.9 Å². The fraction of sp³-hybridized carbons (Fsp3) is 0.474. The van der Waals surface area contributed by atoms with Gasteiger partial charge in [-0.3, -0.25) is 4.98 Å². The van der Waals surface area contributed by atoms with Crippen LogP contribution in [0.2, 0.25) is 0 Å². The van der Waals surface area contributed by atoms with E-state index in [4.69, 9.17) is 4.74 Å². The van der Waals surface area contributed by atoms with Crippen LogP contribution in [0.1, 0.15) is 36.8 Å². The molecule has 124 valence electrons. The van der Waals surface area contributed by atoms with Gasteiger partial charge in [-0.05, 0) is 50.3 Å². The molecule has 0 spiro atoms. The van der Waals surface area contributed by atoms with E-state index in [0.29, 0.717) is 28.7 Å². The van der Waals surface area contributed by atoms with Crippen LogP contribution >= 0.6 is 0 Å². The Morgan fingerprint density at radius 2 is 2.21 bits per heavy atom. The molecule has 1 aromatic heterocycles.